The quantitative estimate of drug-likeness (QED) is 0.738. The molecule has 1 aliphatic carbocycles. The van der Waals surface area contributed by atoms with Gasteiger partial charge in [-0.2, -0.15) is 0 Å². The molecule has 1 aromatic heterocycles. The van der Waals surface area contributed by atoms with Crippen molar-refractivity contribution in [3.8, 4) is 0 Å². The molecule has 5 heteroatoms. The molecule has 76 valence electrons. The van der Waals surface area contributed by atoms with Gasteiger partial charge in [0.2, 0.25) is 0 Å². The highest BCUT2D eigenvalue weighted by molar-refractivity contribution is 5.81. The van der Waals surface area contributed by atoms with E-state index in [9.17, 15) is 4.79 Å². The summed E-state index contributed by atoms with van der Waals surface area (Å²) >= 11 is 0. The Labute approximate surface area is 82.3 Å². The molecule has 0 radical (unpaired) electrons. The minimum absolute atomic E-state index is 0.264. The van der Waals surface area contributed by atoms with Gasteiger partial charge in [0, 0.05) is 12.5 Å². The lowest BCUT2D eigenvalue weighted by atomic mass is 9.82. The van der Waals surface area contributed by atoms with Crippen LogP contribution in [0.1, 0.15) is 25.0 Å². The van der Waals surface area contributed by atoms with Crippen molar-refractivity contribution in [1.82, 2.24) is 15.0 Å². The van der Waals surface area contributed by atoms with Crippen LogP contribution < -0.4 is 5.73 Å². The summed E-state index contributed by atoms with van der Waals surface area (Å²) in [5.41, 5.74) is 6.12. The first-order valence-corrected chi connectivity index (χ1v) is 4.91. The van der Waals surface area contributed by atoms with Crippen molar-refractivity contribution >= 4 is 5.78 Å². The van der Waals surface area contributed by atoms with Crippen molar-refractivity contribution in [2.45, 2.75) is 32.4 Å². The number of rotatable bonds is 4. The van der Waals surface area contributed by atoms with Crippen LogP contribution in [0.3, 0.4) is 0 Å². The summed E-state index contributed by atoms with van der Waals surface area (Å²) in [4.78, 5) is 11.6. The van der Waals surface area contributed by atoms with Gasteiger partial charge in [-0.05, 0) is 12.8 Å². The fourth-order valence-electron chi connectivity index (χ4n) is 1.53. The monoisotopic (exact) mass is 194 g/mol. The molecular weight excluding hydrogens is 180 g/mol. The lowest BCUT2D eigenvalue weighted by molar-refractivity contribution is -0.126. The molecule has 1 aliphatic rings. The molecule has 1 heterocycles. The molecular formula is C9H14N4O. The van der Waals surface area contributed by atoms with Crippen molar-refractivity contribution < 1.29 is 4.79 Å². The van der Waals surface area contributed by atoms with Crippen LogP contribution in [-0.4, -0.2) is 20.8 Å². The second kappa shape index (κ2) is 3.88. The normalized spacial score (nSPS) is 16.6. The predicted octanol–water partition coefficient (Wildman–Crippen LogP) is 0.106. The van der Waals surface area contributed by atoms with E-state index >= 15 is 0 Å². The molecule has 0 saturated heterocycles. The summed E-state index contributed by atoms with van der Waals surface area (Å²) in [7, 11) is 0. The van der Waals surface area contributed by atoms with E-state index in [0.29, 0.717) is 13.1 Å². The van der Waals surface area contributed by atoms with Crippen molar-refractivity contribution in [2.24, 2.45) is 11.7 Å². The fraction of sp³-hybridized carbons (Fsp3) is 0.667. The van der Waals surface area contributed by atoms with E-state index in [0.717, 1.165) is 18.5 Å². The minimum Gasteiger partial charge on any atom is -0.325 e. The lowest BCUT2D eigenvalue weighted by Crippen LogP contribution is -2.25. The molecule has 0 aliphatic heterocycles. The van der Waals surface area contributed by atoms with Gasteiger partial charge in [0.25, 0.3) is 0 Å². The van der Waals surface area contributed by atoms with Crippen molar-refractivity contribution in [3.63, 3.8) is 0 Å². The number of hydrogen-bond donors (Lipinski definition) is 1. The summed E-state index contributed by atoms with van der Waals surface area (Å²) in [6, 6.07) is 0. The minimum atomic E-state index is 0.264. The molecule has 0 spiro atoms. The first-order chi connectivity index (χ1) is 6.79. The van der Waals surface area contributed by atoms with Crippen LogP contribution in [0.2, 0.25) is 0 Å². The van der Waals surface area contributed by atoms with Gasteiger partial charge in [0.1, 0.15) is 6.54 Å². The smallest absolute Gasteiger partial charge is 0.157 e. The highest BCUT2D eigenvalue weighted by Crippen LogP contribution is 2.27. The van der Waals surface area contributed by atoms with E-state index in [4.69, 9.17) is 5.73 Å². The third-order valence-electron chi connectivity index (χ3n) is 2.67. The maximum absolute atomic E-state index is 11.6. The molecule has 1 fully saturated rings. The summed E-state index contributed by atoms with van der Waals surface area (Å²) in [5, 5.41) is 7.66. The zero-order valence-electron chi connectivity index (χ0n) is 8.02. The number of carbonyl (C=O) groups excluding carboxylic acids is 1. The van der Waals surface area contributed by atoms with Gasteiger partial charge >= 0.3 is 0 Å². The Morgan fingerprint density at radius 2 is 2.43 bits per heavy atom. The standard InChI is InChI=1S/C9H14N4O/c10-4-8-5-13(12-11-8)6-9(14)7-2-1-3-7/h5,7H,1-4,6,10H2. The molecule has 2 rings (SSSR count). The van der Waals surface area contributed by atoms with Crippen LogP contribution in [0.25, 0.3) is 0 Å². The molecule has 1 saturated carbocycles. The second-order valence-corrected chi connectivity index (χ2v) is 3.71. The van der Waals surface area contributed by atoms with Crippen molar-refractivity contribution in [2.75, 3.05) is 0 Å². The van der Waals surface area contributed by atoms with Gasteiger partial charge in [-0.1, -0.05) is 11.6 Å². The number of ketones is 1. The van der Waals surface area contributed by atoms with Crippen LogP contribution >= 0.6 is 0 Å². The lowest BCUT2D eigenvalue weighted by Gasteiger charge is -2.23. The summed E-state index contributed by atoms with van der Waals surface area (Å²) < 4.78 is 1.57. The van der Waals surface area contributed by atoms with Crippen LogP contribution in [0.4, 0.5) is 0 Å². The van der Waals surface area contributed by atoms with Gasteiger partial charge in [0.05, 0.1) is 11.9 Å². The van der Waals surface area contributed by atoms with E-state index in [-0.39, 0.29) is 11.7 Å². The van der Waals surface area contributed by atoms with E-state index in [1.807, 2.05) is 0 Å². The van der Waals surface area contributed by atoms with E-state index < -0.39 is 0 Å². The second-order valence-electron chi connectivity index (χ2n) is 3.71. The third-order valence-corrected chi connectivity index (χ3v) is 2.67. The molecule has 0 aromatic carbocycles. The number of nitrogens with zero attached hydrogens (tertiary/aromatic N) is 3. The summed E-state index contributed by atoms with van der Waals surface area (Å²) in [5.74, 6) is 0.533. The number of nitrogens with two attached hydrogens (primary N) is 1. The van der Waals surface area contributed by atoms with Crippen LogP contribution in [0.15, 0.2) is 6.20 Å². The largest absolute Gasteiger partial charge is 0.325 e. The average molecular weight is 194 g/mol. The van der Waals surface area contributed by atoms with Crippen LogP contribution in [0, 0.1) is 5.92 Å². The zero-order valence-corrected chi connectivity index (χ0v) is 8.02. The molecule has 1 aromatic rings. The molecule has 0 bridgehead atoms. The number of carbonyl (C=O) groups is 1. The number of hydrogen-bond acceptors (Lipinski definition) is 4. The molecule has 14 heavy (non-hydrogen) atoms. The molecule has 0 unspecified atom stereocenters. The van der Waals surface area contributed by atoms with E-state index in [1.54, 1.807) is 10.9 Å². The first-order valence-electron chi connectivity index (χ1n) is 4.91. The Bertz CT molecular complexity index is 329. The van der Waals surface area contributed by atoms with E-state index in [2.05, 4.69) is 10.3 Å². The predicted molar refractivity (Wildman–Crippen MR) is 50.3 cm³/mol. The number of aromatic nitrogens is 3. The van der Waals surface area contributed by atoms with Gasteiger partial charge in [-0.15, -0.1) is 5.10 Å². The van der Waals surface area contributed by atoms with Crippen molar-refractivity contribution in [1.29, 1.82) is 0 Å². The topological polar surface area (TPSA) is 73.8 Å². The molecule has 5 nitrogen and oxygen atoms in total. The Morgan fingerprint density at radius 1 is 1.64 bits per heavy atom. The molecule has 0 amide bonds. The molecule has 0 atom stereocenters. The first kappa shape index (κ1) is 9.33. The maximum Gasteiger partial charge on any atom is 0.157 e. The Morgan fingerprint density at radius 3 is 2.93 bits per heavy atom. The highest BCUT2D eigenvalue weighted by Gasteiger charge is 2.25. The maximum atomic E-state index is 11.6. The number of Topliss-reactive ketones (excluding diaryl/α,β-unsaturated/α-hetero) is 1. The third kappa shape index (κ3) is 1.82. The van der Waals surface area contributed by atoms with Gasteiger partial charge < -0.3 is 5.73 Å². The zero-order chi connectivity index (χ0) is 9.97. The molecule has 2 N–H and O–H groups in total. The van der Waals surface area contributed by atoms with Gasteiger partial charge in [0.15, 0.2) is 5.78 Å². The Kier molecular flexibility index (Phi) is 2.58. The Hall–Kier alpha value is -1.23. The highest BCUT2D eigenvalue weighted by atomic mass is 16.1. The van der Waals surface area contributed by atoms with Crippen LogP contribution in [-0.2, 0) is 17.9 Å². The van der Waals surface area contributed by atoms with Gasteiger partial charge in [-0.3, -0.25) is 4.79 Å². The Balaban J connectivity index is 1.92. The van der Waals surface area contributed by atoms with Crippen LogP contribution in [0.5, 0.6) is 0 Å². The van der Waals surface area contributed by atoms with Gasteiger partial charge in [-0.25, -0.2) is 4.68 Å². The summed E-state index contributed by atoms with van der Waals surface area (Å²) in [6.07, 6.45) is 4.99. The summed E-state index contributed by atoms with van der Waals surface area (Å²) in [6.45, 7) is 0.718. The van der Waals surface area contributed by atoms with Crippen molar-refractivity contribution in [3.05, 3.63) is 11.9 Å². The van der Waals surface area contributed by atoms with E-state index in [1.165, 1.54) is 6.42 Å². The fourth-order valence-corrected chi connectivity index (χ4v) is 1.53. The average Bonchev–Trinajstić information content (AvgIpc) is 2.48. The SMILES string of the molecule is NCc1cn(CC(=O)C2CCC2)nn1.